The van der Waals surface area contributed by atoms with Gasteiger partial charge in [0.15, 0.2) is 11.5 Å². The highest BCUT2D eigenvalue weighted by atomic mass is 32.2. The minimum Gasteiger partial charge on any atom is -0.476 e. The molecule has 15 nitrogen and oxygen atoms in total. The van der Waals surface area contributed by atoms with Crippen LogP contribution < -0.4 is 4.90 Å². The number of carboxylic acids is 1. The van der Waals surface area contributed by atoms with Crippen molar-refractivity contribution in [1.82, 2.24) is 29.9 Å². The van der Waals surface area contributed by atoms with Crippen molar-refractivity contribution in [3.63, 3.8) is 0 Å². The average Bonchev–Trinajstić information content (AvgIpc) is 3.13. The predicted octanol–water partition coefficient (Wildman–Crippen LogP) is 0.963. The number of ketones is 1. The highest BCUT2D eigenvalue weighted by Gasteiger charge is 2.42. The molecule has 0 aromatic carbocycles. The summed E-state index contributed by atoms with van der Waals surface area (Å²) in [5, 5.41) is 10.8. The Hall–Kier alpha value is -4.60. The topological polar surface area (TPSA) is 181 Å². The van der Waals surface area contributed by atoms with Crippen LogP contribution in [0.2, 0.25) is 0 Å². The summed E-state index contributed by atoms with van der Waals surface area (Å²) in [7, 11) is 0. The Morgan fingerprint density at radius 1 is 0.950 bits per heavy atom. The maximum Gasteiger partial charge on any atom is 0.536 e. The minimum absolute atomic E-state index is 0.00554. The molecule has 16 heteroatoms. The third-order valence-electron chi connectivity index (χ3n) is 6.09. The fraction of sp³-hybridized carbons (Fsp3) is 0.375. The lowest BCUT2D eigenvalue weighted by Crippen LogP contribution is -2.51. The Morgan fingerprint density at radius 2 is 1.62 bits per heavy atom. The molecule has 0 radical (unpaired) electrons. The molecule has 0 bridgehead atoms. The number of hydrogen-bond donors (Lipinski definition) is 1. The number of aliphatic imine (C=N–C) groups is 1. The number of thioether (sulfide) groups is 1. The fourth-order valence-corrected chi connectivity index (χ4v) is 5.21. The van der Waals surface area contributed by atoms with E-state index < -0.39 is 35.9 Å². The lowest BCUT2D eigenvalue weighted by atomic mass is 10.1. The molecular weight excluding hydrogens is 544 g/mol. The van der Waals surface area contributed by atoms with Crippen molar-refractivity contribution in [2.75, 3.05) is 36.0 Å². The largest absolute Gasteiger partial charge is 0.536 e. The van der Waals surface area contributed by atoms with E-state index in [-0.39, 0.29) is 36.1 Å². The van der Waals surface area contributed by atoms with Crippen LogP contribution in [0, 0.1) is 0 Å². The number of carboxylic acid groups (broad SMARTS) is 1. The average molecular weight is 569 g/mol. The summed E-state index contributed by atoms with van der Waals surface area (Å²) >= 11 is 1.73. The van der Waals surface area contributed by atoms with Gasteiger partial charge in [-0.05, 0) is 25.0 Å². The van der Waals surface area contributed by atoms with E-state index in [1.165, 1.54) is 29.7 Å². The standard InChI is InChI=1S/C24H24N8O7S/c33-15-5-1-2-10-31(20(15)34)39-24(37)38-23-29-17(21(35)36)16(18-25-6-3-7-26-18)19(30-11-13-40-14-12-30)32(23)22-27-8-4-9-28-22/h3-4,6-9,23H,1-2,5,10-14H2,(H,35,36). The molecule has 3 aliphatic heterocycles. The van der Waals surface area contributed by atoms with Crippen molar-refractivity contribution in [2.45, 2.75) is 25.6 Å². The number of carbonyl (C=O) groups excluding carboxylic acids is 3. The predicted molar refractivity (Wildman–Crippen MR) is 139 cm³/mol. The number of hydrogen-bond acceptors (Lipinski definition) is 14. The van der Waals surface area contributed by atoms with Gasteiger partial charge in [-0.2, -0.15) is 16.8 Å². The van der Waals surface area contributed by atoms with Crippen LogP contribution >= 0.6 is 11.8 Å². The van der Waals surface area contributed by atoms with Gasteiger partial charge in [-0.25, -0.2) is 39.4 Å². The molecule has 5 heterocycles. The van der Waals surface area contributed by atoms with E-state index in [4.69, 9.17) is 9.57 Å². The summed E-state index contributed by atoms with van der Waals surface area (Å²) < 4.78 is 5.49. The van der Waals surface area contributed by atoms with Gasteiger partial charge in [-0.1, -0.05) is 0 Å². The zero-order valence-electron chi connectivity index (χ0n) is 21.1. The molecule has 0 aliphatic carbocycles. The molecule has 2 aromatic heterocycles. The van der Waals surface area contributed by atoms with Crippen molar-refractivity contribution >= 4 is 52.8 Å². The summed E-state index contributed by atoms with van der Waals surface area (Å²) in [5.74, 6) is -1.15. The van der Waals surface area contributed by atoms with Crippen LogP contribution in [0.5, 0.6) is 0 Å². The van der Waals surface area contributed by atoms with Gasteiger partial charge >= 0.3 is 18.0 Å². The molecule has 5 rings (SSSR count). The van der Waals surface area contributed by atoms with Crippen LogP contribution in [-0.2, 0) is 24.0 Å². The number of aliphatic carboxylic acids is 1. The van der Waals surface area contributed by atoms with Crippen LogP contribution in [-0.4, -0.2) is 102 Å². The first kappa shape index (κ1) is 27.0. The number of nitrogens with zero attached hydrogens (tertiary/aromatic N) is 8. The van der Waals surface area contributed by atoms with Crippen molar-refractivity contribution in [3.8, 4) is 0 Å². The molecule has 0 saturated carbocycles. The van der Waals surface area contributed by atoms with Crippen LogP contribution in [0.1, 0.15) is 25.1 Å². The number of hydroxylamine groups is 2. The highest BCUT2D eigenvalue weighted by Crippen LogP contribution is 2.34. The Morgan fingerprint density at radius 3 is 2.30 bits per heavy atom. The SMILES string of the molecule is O=C(OC1N=C(C(=O)O)C(c2ncccn2)=C(N2CCSCC2)N1c1ncccn1)ON1CCCCC(=O)C1=O. The Labute approximate surface area is 231 Å². The highest BCUT2D eigenvalue weighted by molar-refractivity contribution is 7.99. The first-order valence-electron chi connectivity index (χ1n) is 12.4. The smallest absolute Gasteiger partial charge is 0.476 e. The first-order valence-corrected chi connectivity index (χ1v) is 13.5. The minimum atomic E-state index is -1.64. The molecule has 2 saturated heterocycles. The number of Topliss-reactive ketones (excluding diaryl/α,β-unsaturated/α-hetero) is 1. The van der Waals surface area contributed by atoms with Crippen molar-refractivity contribution < 1.29 is 33.9 Å². The Kier molecular flexibility index (Phi) is 8.14. The number of carbonyl (C=O) groups is 4. The zero-order valence-corrected chi connectivity index (χ0v) is 21.9. The van der Waals surface area contributed by atoms with E-state index in [2.05, 4.69) is 24.9 Å². The number of rotatable bonds is 6. The normalized spacial score (nSPS) is 20.1. The van der Waals surface area contributed by atoms with Crippen LogP contribution in [0.3, 0.4) is 0 Å². The van der Waals surface area contributed by atoms with Gasteiger partial charge in [-0.15, -0.1) is 0 Å². The van der Waals surface area contributed by atoms with E-state index in [0.717, 1.165) is 11.5 Å². The number of ether oxygens (including phenoxy) is 1. The van der Waals surface area contributed by atoms with E-state index in [0.29, 0.717) is 31.0 Å². The number of anilines is 1. The Bertz CT molecular complexity index is 1350. The molecule has 2 fully saturated rings. The third kappa shape index (κ3) is 5.70. The number of amides is 1. The summed E-state index contributed by atoms with van der Waals surface area (Å²) in [4.78, 5) is 79.5. The van der Waals surface area contributed by atoms with Gasteiger partial charge in [0.2, 0.25) is 11.7 Å². The van der Waals surface area contributed by atoms with Gasteiger partial charge < -0.3 is 19.6 Å². The molecule has 40 heavy (non-hydrogen) atoms. The van der Waals surface area contributed by atoms with Crippen LogP contribution in [0.4, 0.5) is 10.7 Å². The van der Waals surface area contributed by atoms with Crippen molar-refractivity contribution in [3.05, 3.63) is 48.6 Å². The summed E-state index contributed by atoms with van der Waals surface area (Å²) in [5.41, 5.74) is -0.362. The van der Waals surface area contributed by atoms with E-state index >= 15 is 0 Å². The van der Waals surface area contributed by atoms with Gasteiger partial charge in [0.05, 0.1) is 12.1 Å². The maximum atomic E-state index is 12.9. The van der Waals surface area contributed by atoms with Gasteiger partial charge in [0.25, 0.3) is 6.35 Å². The summed E-state index contributed by atoms with van der Waals surface area (Å²) in [6, 6.07) is 3.18. The molecule has 208 valence electrons. The molecule has 1 atom stereocenters. The van der Waals surface area contributed by atoms with E-state index in [9.17, 15) is 24.3 Å². The molecule has 1 amide bonds. The van der Waals surface area contributed by atoms with E-state index in [1.807, 2.05) is 4.90 Å². The molecule has 0 spiro atoms. The second-order valence-electron chi connectivity index (χ2n) is 8.65. The number of aromatic nitrogens is 4. The van der Waals surface area contributed by atoms with Gasteiger partial charge in [0, 0.05) is 55.8 Å². The van der Waals surface area contributed by atoms with Gasteiger partial charge in [0.1, 0.15) is 5.82 Å². The third-order valence-corrected chi connectivity index (χ3v) is 7.03. The lowest BCUT2D eigenvalue weighted by Gasteiger charge is -2.41. The molecular formula is C24H24N8O7S. The molecule has 3 aliphatic rings. The zero-order chi connectivity index (χ0) is 28.1. The van der Waals surface area contributed by atoms with Gasteiger partial charge in [-0.3, -0.25) is 9.59 Å². The molecule has 2 aromatic rings. The molecule has 1 N–H and O–H groups in total. The van der Waals surface area contributed by atoms with Crippen LogP contribution in [0.15, 0.2) is 47.7 Å². The summed E-state index contributed by atoms with van der Waals surface area (Å²) in [6.45, 7) is 1.05. The van der Waals surface area contributed by atoms with Crippen molar-refractivity contribution in [1.29, 1.82) is 0 Å². The monoisotopic (exact) mass is 568 g/mol. The van der Waals surface area contributed by atoms with Crippen LogP contribution in [0.25, 0.3) is 5.57 Å². The lowest BCUT2D eigenvalue weighted by molar-refractivity contribution is -0.176. The fourth-order valence-electron chi connectivity index (χ4n) is 4.31. The Balaban J connectivity index is 1.58. The second kappa shape index (κ2) is 12.1. The van der Waals surface area contributed by atoms with E-state index in [1.54, 1.807) is 23.9 Å². The second-order valence-corrected chi connectivity index (χ2v) is 9.87. The first-order chi connectivity index (χ1) is 19.4. The summed E-state index contributed by atoms with van der Waals surface area (Å²) in [6.07, 6.45) is 3.85. The van der Waals surface area contributed by atoms with Crippen molar-refractivity contribution in [2.24, 2.45) is 4.99 Å². The quantitative estimate of drug-likeness (QED) is 0.384. The maximum absolute atomic E-state index is 12.9. The molecule has 1 unspecified atom stereocenters.